The summed E-state index contributed by atoms with van der Waals surface area (Å²) in [4.78, 5) is 31.2. The van der Waals surface area contributed by atoms with Crippen LogP contribution < -0.4 is 10.6 Å². The first kappa shape index (κ1) is 27.9. The number of aryl methyl sites for hydroxylation is 1. The number of oxazole rings is 1. The first-order valence-electron chi connectivity index (χ1n) is 13.0. The highest BCUT2D eigenvalue weighted by Gasteiger charge is 2.48. The third kappa shape index (κ3) is 5.62. The Morgan fingerprint density at radius 1 is 1.25 bits per heavy atom. The van der Waals surface area contributed by atoms with E-state index in [9.17, 15) is 27.2 Å². The van der Waals surface area contributed by atoms with Gasteiger partial charge in [-0.05, 0) is 55.4 Å². The number of halogens is 4. The summed E-state index contributed by atoms with van der Waals surface area (Å²) in [6.07, 6.45) is -2.18. The van der Waals surface area contributed by atoms with Gasteiger partial charge < -0.3 is 24.7 Å². The van der Waals surface area contributed by atoms with Crippen LogP contribution >= 0.6 is 0 Å². The average Bonchev–Trinajstić information content (AvgIpc) is 3.63. The number of rotatable bonds is 8. The number of nitrogens with one attached hydrogen (secondary N) is 2. The summed E-state index contributed by atoms with van der Waals surface area (Å²) in [6, 6.07) is 2.22. The molecule has 14 heteroatoms. The van der Waals surface area contributed by atoms with Gasteiger partial charge in [-0.25, -0.2) is 14.2 Å². The van der Waals surface area contributed by atoms with Crippen LogP contribution in [0.2, 0.25) is 0 Å². The van der Waals surface area contributed by atoms with Crippen molar-refractivity contribution in [3.8, 4) is 0 Å². The number of fused-ring (bicyclic) bond motifs is 1. The summed E-state index contributed by atoms with van der Waals surface area (Å²) < 4.78 is 66.5. The van der Waals surface area contributed by atoms with Gasteiger partial charge in [0.25, 0.3) is 5.91 Å². The van der Waals surface area contributed by atoms with Crippen LogP contribution in [0.3, 0.4) is 0 Å². The van der Waals surface area contributed by atoms with E-state index in [1.807, 2.05) is 5.32 Å². The van der Waals surface area contributed by atoms with Crippen molar-refractivity contribution in [3.05, 3.63) is 47.6 Å². The van der Waals surface area contributed by atoms with E-state index < -0.39 is 43.0 Å². The van der Waals surface area contributed by atoms with Crippen molar-refractivity contribution >= 4 is 23.0 Å². The van der Waals surface area contributed by atoms with Crippen molar-refractivity contribution in [2.24, 2.45) is 13.0 Å². The fourth-order valence-corrected chi connectivity index (χ4v) is 5.44. The van der Waals surface area contributed by atoms with Gasteiger partial charge in [0.15, 0.2) is 5.58 Å². The Bertz CT molecular complexity index is 1370. The molecule has 1 aliphatic carbocycles. The fourth-order valence-electron chi connectivity index (χ4n) is 5.44. The highest BCUT2D eigenvalue weighted by atomic mass is 19.4. The van der Waals surface area contributed by atoms with Gasteiger partial charge in [0.2, 0.25) is 5.89 Å². The Hall–Kier alpha value is -3.68. The van der Waals surface area contributed by atoms with Crippen molar-refractivity contribution in [2.45, 2.75) is 56.2 Å². The number of ether oxygens (including phenoxy) is 1. The molecule has 216 valence electrons. The van der Waals surface area contributed by atoms with E-state index in [1.54, 1.807) is 31.3 Å². The standard InChI is InChI=1S/C26H30F4N6O4/c1-35-18(9-10-31-35)23(37)34-22(14-3-6-16(27)7-4-14)24-32-17-11-15(5-8-20(17)40-24)19(13-39-2)36-12-21(26(28,29)30)33-25(36)38/h5,8-11,14,16,19,21-22H,3-4,6-7,12-13H2,1-2H3,(H,33,38)(H,34,37). The number of carbonyl (C=O) groups excluding carboxylic acids is 2. The highest BCUT2D eigenvalue weighted by molar-refractivity contribution is 5.92. The van der Waals surface area contributed by atoms with Gasteiger partial charge in [0.05, 0.1) is 19.2 Å². The third-order valence-corrected chi connectivity index (χ3v) is 7.63. The van der Waals surface area contributed by atoms with Crippen LogP contribution in [0.5, 0.6) is 0 Å². The molecule has 5 rings (SSSR count). The second-order valence-corrected chi connectivity index (χ2v) is 10.2. The molecule has 0 radical (unpaired) electrons. The summed E-state index contributed by atoms with van der Waals surface area (Å²) in [7, 11) is 3.05. The molecule has 2 aliphatic rings. The van der Waals surface area contributed by atoms with Gasteiger partial charge in [-0.2, -0.15) is 18.3 Å². The molecule has 3 aromatic rings. The van der Waals surface area contributed by atoms with Crippen molar-refractivity contribution in [1.29, 1.82) is 0 Å². The van der Waals surface area contributed by atoms with Gasteiger partial charge in [-0.15, -0.1) is 0 Å². The van der Waals surface area contributed by atoms with Crippen LogP contribution in [-0.4, -0.2) is 70.3 Å². The number of alkyl halides is 4. The summed E-state index contributed by atoms with van der Waals surface area (Å²) in [5.41, 5.74) is 1.65. The van der Waals surface area contributed by atoms with Crippen LogP contribution in [0.1, 0.15) is 59.7 Å². The van der Waals surface area contributed by atoms with E-state index in [1.165, 1.54) is 18.0 Å². The molecule has 0 bridgehead atoms. The second-order valence-electron chi connectivity index (χ2n) is 10.2. The van der Waals surface area contributed by atoms with Crippen LogP contribution in [0.25, 0.3) is 11.1 Å². The maximum absolute atomic E-state index is 13.9. The number of carbonyl (C=O) groups is 2. The lowest BCUT2D eigenvalue weighted by atomic mass is 9.83. The lowest BCUT2D eigenvalue weighted by Crippen LogP contribution is -2.40. The Labute approximate surface area is 227 Å². The Kier molecular flexibility index (Phi) is 7.71. The molecular weight excluding hydrogens is 536 g/mol. The zero-order valence-electron chi connectivity index (χ0n) is 21.9. The van der Waals surface area contributed by atoms with Crippen molar-refractivity contribution < 1.29 is 36.3 Å². The number of methoxy groups -OCH3 is 1. The first-order valence-corrected chi connectivity index (χ1v) is 13.0. The van der Waals surface area contributed by atoms with Crippen LogP contribution in [0.15, 0.2) is 34.9 Å². The molecule has 2 aromatic heterocycles. The number of aromatic nitrogens is 3. The minimum Gasteiger partial charge on any atom is -0.438 e. The molecule has 3 heterocycles. The van der Waals surface area contributed by atoms with Crippen LogP contribution in [0, 0.1) is 5.92 Å². The van der Waals surface area contributed by atoms with E-state index in [0.717, 1.165) is 4.90 Å². The number of urea groups is 1. The SMILES string of the molecule is COCC(c1ccc2oc(C(NC(=O)c3ccnn3C)C3CCC(F)CC3)nc2c1)N1CC(C(F)(F)F)NC1=O. The molecule has 0 spiro atoms. The van der Waals surface area contributed by atoms with Gasteiger partial charge in [-0.1, -0.05) is 6.07 Å². The van der Waals surface area contributed by atoms with Crippen molar-refractivity contribution in [2.75, 3.05) is 20.3 Å². The largest absolute Gasteiger partial charge is 0.438 e. The van der Waals surface area contributed by atoms with E-state index in [4.69, 9.17) is 9.15 Å². The highest BCUT2D eigenvalue weighted by Crippen LogP contribution is 2.37. The Morgan fingerprint density at radius 3 is 2.62 bits per heavy atom. The maximum atomic E-state index is 13.9. The molecular formula is C26H30F4N6O4. The molecule has 1 saturated carbocycles. The summed E-state index contributed by atoms with van der Waals surface area (Å²) in [5.74, 6) is -0.260. The number of hydrogen-bond acceptors (Lipinski definition) is 6. The van der Waals surface area contributed by atoms with Gasteiger partial charge in [0, 0.05) is 20.4 Å². The summed E-state index contributed by atoms with van der Waals surface area (Å²) in [5, 5.41) is 9.00. The van der Waals surface area contributed by atoms with Crippen LogP contribution in [-0.2, 0) is 11.8 Å². The normalized spacial score (nSPS) is 23.3. The molecule has 3 atom stereocenters. The number of nitrogens with zero attached hydrogens (tertiary/aromatic N) is 4. The summed E-state index contributed by atoms with van der Waals surface area (Å²) in [6.45, 7) is -0.595. The monoisotopic (exact) mass is 566 g/mol. The van der Waals surface area contributed by atoms with Crippen LogP contribution in [0.4, 0.5) is 22.4 Å². The Balaban J connectivity index is 1.44. The fraction of sp³-hybridized carbons (Fsp3) is 0.538. The van der Waals surface area contributed by atoms with E-state index >= 15 is 0 Å². The quantitative estimate of drug-likeness (QED) is 0.395. The van der Waals surface area contributed by atoms with Gasteiger partial charge in [0.1, 0.15) is 29.5 Å². The predicted octanol–water partition coefficient (Wildman–Crippen LogP) is 4.20. The van der Waals surface area contributed by atoms with Gasteiger partial charge in [-0.3, -0.25) is 9.48 Å². The van der Waals surface area contributed by atoms with Crippen molar-refractivity contribution in [1.82, 2.24) is 30.3 Å². The lowest BCUT2D eigenvalue weighted by molar-refractivity contribution is -0.150. The smallest absolute Gasteiger partial charge is 0.410 e. The Morgan fingerprint density at radius 2 is 2.00 bits per heavy atom. The van der Waals surface area contributed by atoms with Gasteiger partial charge >= 0.3 is 12.2 Å². The zero-order valence-corrected chi connectivity index (χ0v) is 21.9. The number of hydrogen-bond donors (Lipinski definition) is 2. The number of benzene rings is 1. The molecule has 2 N–H and O–H groups in total. The molecule has 3 amide bonds. The topological polar surface area (TPSA) is 115 Å². The molecule has 3 unspecified atom stereocenters. The minimum absolute atomic E-state index is 0.0376. The zero-order chi connectivity index (χ0) is 28.6. The number of amides is 3. The first-order chi connectivity index (χ1) is 19.0. The molecule has 1 aromatic carbocycles. The molecule has 40 heavy (non-hydrogen) atoms. The maximum Gasteiger partial charge on any atom is 0.410 e. The second kappa shape index (κ2) is 11.1. The average molecular weight is 567 g/mol. The molecule has 1 aliphatic heterocycles. The summed E-state index contributed by atoms with van der Waals surface area (Å²) >= 11 is 0. The molecule has 1 saturated heterocycles. The molecule has 10 nitrogen and oxygen atoms in total. The van der Waals surface area contributed by atoms with Crippen molar-refractivity contribution in [3.63, 3.8) is 0 Å². The third-order valence-electron chi connectivity index (χ3n) is 7.63. The predicted molar refractivity (Wildman–Crippen MR) is 134 cm³/mol. The minimum atomic E-state index is -4.58. The van der Waals surface area contributed by atoms with E-state index in [2.05, 4.69) is 15.4 Å². The molecule has 2 fully saturated rings. The lowest BCUT2D eigenvalue weighted by Gasteiger charge is -2.30. The van der Waals surface area contributed by atoms with E-state index in [-0.39, 0.29) is 24.3 Å². The van der Waals surface area contributed by atoms with E-state index in [0.29, 0.717) is 48.0 Å².